The highest BCUT2D eigenvalue weighted by Gasteiger charge is 2.23. The van der Waals surface area contributed by atoms with Crippen LogP contribution in [0.5, 0.6) is 0 Å². The molecule has 7 nitrogen and oxygen atoms in total. The first kappa shape index (κ1) is 25.2. The van der Waals surface area contributed by atoms with E-state index in [9.17, 15) is 4.79 Å². The van der Waals surface area contributed by atoms with Crippen LogP contribution in [0.4, 0.5) is 5.69 Å². The van der Waals surface area contributed by atoms with E-state index in [1.165, 1.54) is 0 Å². The van der Waals surface area contributed by atoms with Gasteiger partial charge in [-0.15, -0.1) is 24.0 Å². The summed E-state index contributed by atoms with van der Waals surface area (Å²) < 4.78 is 0. The number of aromatic nitrogens is 1. The van der Waals surface area contributed by atoms with Crippen LogP contribution >= 0.6 is 35.6 Å². The van der Waals surface area contributed by atoms with Gasteiger partial charge in [-0.25, -0.2) is 0 Å². The number of pyridine rings is 1. The van der Waals surface area contributed by atoms with Crippen molar-refractivity contribution >= 4 is 53.1 Å². The summed E-state index contributed by atoms with van der Waals surface area (Å²) in [5.74, 6) is 0.653. The average molecular weight is 557 g/mol. The van der Waals surface area contributed by atoms with E-state index in [0.717, 1.165) is 42.3 Å². The predicted molar refractivity (Wildman–Crippen MR) is 138 cm³/mol. The highest BCUT2D eigenvalue weighted by Crippen LogP contribution is 2.23. The topological polar surface area (TPSA) is 72.9 Å². The van der Waals surface area contributed by atoms with Crippen molar-refractivity contribution in [3.63, 3.8) is 0 Å². The molecule has 31 heavy (non-hydrogen) atoms. The van der Waals surface area contributed by atoms with Crippen molar-refractivity contribution in [1.82, 2.24) is 20.5 Å². The second-order valence-corrected chi connectivity index (χ2v) is 7.80. The van der Waals surface area contributed by atoms with Crippen molar-refractivity contribution in [3.05, 3.63) is 59.4 Å². The second kappa shape index (κ2) is 12.7. The van der Waals surface area contributed by atoms with Crippen molar-refractivity contribution in [3.8, 4) is 0 Å². The van der Waals surface area contributed by atoms with Gasteiger partial charge in [0, 0.05) is 68.8 Å². The summed E-state index contributed by atoms with van der Waals surface area (Å²) in [5, 5.41) is 7.29. The van der Waals surface area contributed by atoms with Gasteiger partial charge in [0.15, 0.2) is 5.96 Å². The van der Waals surface area contributed by atoms with Gasteiger partial charge in [-0.05, 0) is 36.8 Å². The molecule has 0 bridgehead atoms. The van der Waals surface area contributed by atoms with E-state index in [0.29, 0.717) is 12.5 Å². The summed E-state index contributed by atoms with van der Waals surface area (Å²) in [5.41, 5.74) is 2.10. The molecule has 0 spiro atoms. The molecule has 2 heterocycles. The fourth-order valence-electron chi connectivity index (χ4n) is 3.42. The van der Waals surface area contributed by atoms with Gasteiger partial charge in [0.05, 0.1) is 6.54 Å². The van der Waals surface area contributed by atoms with Gasteiger partial charge in [0.25, 0.3) is 0 Å². The molecule has 1 fully saturated rings. The number of halogens is 2. The van der Waals surface area contributed by atoms with Crippen molar-refractivity contribution in [2.24, 2.45) is 4.99 Å². The lowest BCUT2D eigenvalue weighted by atomic mass is 10.2. The van der Waals surface area contributed by atoms with Gasteiger partial charge in [-0.2, -0.15) is 0 Å². The zero-order chi connectivity index (χ0) is 21.3. The molecule has 1 saturated heterocycles. The molecule has 2 aromatic rings. The molecule has 3 rings (SSSR count). The number of amides is 1. The Bertz CT molecular complexity index is 866. The standard InChI is InChI=1S/C22H29ClN6O.HI/c1-24-22(26-15-21(30)28(2)12-9-18-7-3-4-11-25-18)27-19-10-13-29(16-19)20-8-5-6-17(23)14-20;/h3-8,11,14,19H,9-10,12-13,15-16H2,1-2H3,(H2,24,26,27);1H. The molecule has 1 aromatic heterocycles. The van der Waals surface area contributed by atoms with Gasteiger partial charge in [-0.3, -0.25) is 14.8 Å². The van der Waals surface area contributed by atoms with Gasteiger partial charge < -0.3 is 20.4 Å². The second-order valence-electron chi connectivity index (χ2n) is 7.37. The maximum absolute atomic E-state index is 12.4. The number of nitrogens with one attached hydrogen (secondary N) is 2. The van der Waals surface area contributed by atoms with E-state index in [1.54, 1.807) is 18.1 Å². The third-order valence-electron chi connectivity index (χ3n) is 5.19. The maximum atomic E-state index is 12.4. The highest BCUT2D eigenvalue weighted by molar-refractivity contribution is 14.0. The summed E-state index contributed by atoms with van der Waals surface area (Å²) in [6, 6.07) is 14.0. The van der Waals surface area contributed by atoms with E-state index in [-0.39, 0.29) is 42.5 Å². The van der Waals surface area contributed by atoms with Crippen LogP contribution < -0.4 is 15.5 Å². The van der Waals surface area contributed by atoms with Crippen LogP contribution in [0.15, 0.2) is 53.7 Å². The highest BCUT2D eigenvalue weighted by atomic mass is 127. The third-order valence-corrected chi connectivity index (χ3v) is 5.42. The number of hydrogen-bond donors (Lipinski definition) is 2. The number of nitrogens with zero attached hydrogens (tertiary/aromatic N) is 4. The number of carbonyl (C=O) groups excluding carboxylic acids is 1. The Morgan fingerprint density at radius 2 is 2.16 bits per heavy atom. The smallest absolute Gasteiger partial charge is 0.241 e. The minimum absolute atomic E-state index is 0. The van der Waals surface area contributed by atoms with Gasteiger partial charge in [0.1, 0.15) is 0 Å². The van der Waals surface area contributed by atoms with E-state index < -0.39 is 0 Å². The number of aliphatic imine (C=N–C) groups is 1. The Hall–Kier alpha value is -2.07. The van der Waals surface area contributed by atoms with Crippen LogP contribution in [0, 0.1) is 0 Å². The molecule has 1 aliphatic rings. The fraction of sp³-hybridized carbons (Fsp3) is 0.409. The molecule has 1 aliphatic heterocycles. The first-order chi connectivity index (χ1) is 14.5. The lowest BCUT2D eigenvalue weighted by Gasteiger charge is -2.21. The molecule has 1 unspecified atom stereocenters. The number of anilines is 1. The minimum Gasteiger partial charge on any atom is -0.369 e. The molecule has 9 heteroatoms. The van der Waals surface area contributed by atoms with Crippen LogP contribution in [0.2, 0.25) is 5.02 Å². The van der Waals surface area contributed by atoms with Crippen molar-refractivity contribution in [2.45, 2.75) is 18.9 Å². The minimum atomic E-state index is 0. The Labute approximate surface area is 206 Å². The fourth-order valence-corrected chi connectivity index (χ4v) is 3.61. The van der Waals surface area contributed by atoms with Crippen molar-refractivity contribution < 1.29 is 4.79 Å². The van der Waals surface area contributed by atoms with E-state index in [1.807, 2.05) is 43.4 Å². The van der Waals surface area contributed by atoms with Gasteiger partial charge in [0.2, 0.25) is 5.91 Å². The Morgan fingerprint density at radius 1 is 1.32 bits per heavy atom. The van der Waals surface area contributed by atoms with Crippen LogP contribution in [0.1, 0.15) is 12.1 Å². The van der Waals surface area contributed by atoms with Gasteiger partial charge in [-0.1, -0.05) is 23.7 Å². The Balaban J connectivity index is 0.00000341. The normalized spacial score (nSPS) is 15.9. The number of carbonyl (C=O) groups is 1. The molecule has 1 amide bonds. The van der Waals surface area contributed by atoms with Crippen LogP contribution in [0.3, 0.4) is 0 Å². The van der Waals surface area contributed by atoms with Crippen LogP contribution in [0.25, 0.3) is 0 Å². The summed E-state index contributed by atoms with van der Waals surface area (Å²) >= 11 is 6.11. The monoisotopic (exact) mass is 556 g/mol. The SMILES string of the molecule is CN=C(NCC(=O)N(C)CCc1ccccn1)NC1CCN(c2cccc(Cl)c2)C1.I. The van der Waals surface area contributed by atoms with E-state index >= 15 is 0 Å². The van der Waals surface area contributed by atoms with E-state index in [2.05, 4.69) is 31.6 Å². The number of guanidine groups is 1. The van der Waals surface area contributed by atoms with Crippen LogP contribution in [-0.4, -0.2) is 68.1 Å². The zero-order valence-corrected chi connectivity index (χ0v) is 21.0. The molecular formula is C22H30ClIN6O. The first-order valence-corrected chi connectivity index (χ1v) is 10.5. The summed E-state index contributed by atoms with van der Waals surface area (Å²) in [7, 11) is 3.53. The number of hydrogen-bond acceptors (Lipinski definition) is 4. The number of rotatable bonds is 7. The number of benzene rings is 1. The molecular weight excluding hydrogens is 527 g/mol. The molecule has 2 N–H and O–H groups in total. The average Bonchev–Trinajstić information content (AvgIpc) is 3.24. The lowest BCUT2D eigenvalue weighted by Crippen LogP contribution is -2.48. The lowest BCUT2D eigenvalue weighted by molar-refractivity contribution is -0.128. The van der Waals surface area contributed by atoms with Gasteiger partial charge >= 0.3 is 0 Å². The zero-order valence-electron chi connectivity index (χ0n) is 17.9. The molecule has 1 atom stereocenters. The maximum Gasteiger partial charge on any atom is 0.241 e. The summed E-state index contributed by atoms with van der Waals surface area (Å²) in [4.78, 5) is 25.0. The third kappa shape index (κ3) is 7.84. The molecule has 0 radical (unpaired) electrons. The Kier molecular flexibility index (Phi) is 10.3. The molecule has 168 valence electrons. The number of likely N-dealkylation sites (N-methyl/N-ethyl adjacent to an activating group) is 1. The summed E-state index contributed by atoms with van der Waals surface area (Å²) in [6.45, 7) is 2.63. The first-order valence-electron chi connectivity index (χ1n) is 10.2. The van der Waals surface area contributed by atoms with Crippen molar-refractivity contribution in [1.29, 1.82) is 0 Å². The van der Waals surface area contributed by atoms with Crippen LogP contribution in [-0.2, 0) is 11.2 Å². The molecule has 0 saturated carbocycles. The van der Waals surface area contributed by atoms with Crippen molar-refractivity contribution in [2.75, 3.05) is 45.2 Å². The quantitative estimate of drug-likeness (QED) is 0.312. The molecule has 0 aliphatic carbocycles. The summed E-state index contributed by atoms with van der Waals surface area (Å²) in [6.07, 6.45) is 3.49. The van der Waals surface area contributed by atoms with E-state index in [4.69, 9.17) is 11.6 Å². The molecule has 1 aromatic carbocycles. The Morgan fingerprint density at radius 3 is 2.87 bits per heavy atom. The largest absolute Gasteiger partial charge is 0.369 e. The predicted octanol–water partition coefficient (Wildman–Crippen LogP) is 2.80.